The van der Waals surface area contributed by atoms with Crippen LogP contribution in [0, 0.1) is 29.0 Å². The van der Waals surface area contributed by atoms with Gasteiger partial charge in [0.25, 0.3) is 0 Å². The number of nitrogens with one attached hydrogen (secondary N) is 1. The molecule has 1 aromatic carbocycles. The Morgan fingerprint density at radius 2 is 2.30 bits per heavy atom. The number of benzene rings is 1. The minimum absolute atomic E-state index is 0.0736. The quantitative estimate of drug-likeness (QED) is 0.917. The smallest absolute Gasteiger partial charge is 0.141 e. The average molecular weight is 272 g/mol. The Hall–Kier alpha value is -1.40. The number of fused-ring (bicyclic) bond motifs is 1. The van der Waals surface area contributed by atoms with Gasteiger partial charge in [0.15, 0.2) is 0 Å². The first kappa shape index (κ1) is 13.6. The molecule has 0 bridgehead atoms. The molecule has 1 saturated heterocycles. The zero-order valence-electron chi connectivity index (χ0n) is 12.2. The van der Waals surface area contributed by atoms with Gasteiger partial charge in [0.1, 0.15) is 11.9 Å². The van der Waals surface area contributed by atoms with Crippen molar-refractivity contribution in [3.8, 4) is 6.07 Å². The number of rotatable bonds is 3. The number of nitrogens with zero attached hydrogens (tertiary/aromatic N) is 1. The Morgan fingerprint density at radius 3 is 2.95 bits per heavy atom. The molecule has 2 unspecified atom stereocenters. The van der Waals surface area contributed by atoms with Crippen LogP contribution >= 0.6 is 0 Å². The predicted molar refractivity (Wildman–Crippen MR) is 76.9 cm³/mol. The van der Waals surface area contributed by atoms with Gasteiger partial charge >= 0.3 is 0 Å². The minimum Gasteiger partial charge on any atom is -0.316 e. The molecule has 0 radical (unpaired) electrons. The van der Waals surface area contributed by atoms with Crippen molar-refractivity contribution in [2.45, 2.75) is 38.5 Å². The highest BCUT2D eigenvalue weighted by atomic mass is 19.1. The van der Waals surface area contributed by atoms with Crippen molar-refractivity contribution in [3.63, 3.8) is 0 Å². The molecule has 20 heavy (non-hydrogen) atoms. The third kappa shape index (κ3) is 2.13. The van der Waals surface area contributed by atoms with Crippen molar-refractivity contribution in [2.75, 3.05) is 13.1 Å². The first-order valence-corrected chi connectivity index (χ1v) is 7.50. The highest BCUT2D eigenvalue weighted by Gasteiger charge is 2.57. The fraction of sp³-hybridized carbons (Fsp3) is 0.588. The Kier molecular flexibility index (Phi) is 3.30. The number of hydrogen-bond donors (Lipinski definition) is 1. The fourth-order valence-corrected chi connectivity index (χ4v) is 3.77. The monoisotopic (exact) mass is 272 g/mol. The average Bonchev–Trinajstić information content (AvgIpc) is 3.13. The lowest BCUT2D eigenvalue weighted by Crippen LogP contribution is -2.32. The van der Waals surface area contributed by atoms with Gasteiger partial charge in [-0.2, -0.15) is 5.26 Å². The topological polar surface area (TPSA) is 35.8 Å². The second-order valence-electron chi connectivity index (χ2n) is 6.72. The second kappa shape index (κ2) is 4.86. The van der Waals surface area contributed by atoms with E-state index >= 15 is 0 Å². The van der Waals surface area contributed by atoms with Crippen molar-refractivity contribution in [3.05, 3.63) is 34.6 Å². The maximum atomic E-state index is 14.3. The standard InChI is InChI=1S/C17H21FN2/c1-11(2)5-12-6-15(14(9-19)16(18)7-12)17-3-4-20-10-13(17)8-17/h6-7,11,13,20H,3-5,8,10H2,1-2H3. The van der Waals surface area contributed by atoms with E-state index in [4.69, 9.17) is 0 Å². The van der Waals surface area contributed by atoms with Gasteiger partial charge in [-0.15, -0.1) is 0 Å². The van der Waals surface area contributed by atoms with E-state index in [2.05, 4.69) is 31.3 Å². The van der Waals surface area contributed by atoms with Crippen LogP contribution in [0.15, 0.2) is 12.1 Å². The van der Waals surface area contributed by atoms with Crippen LogP contribution in [0.1, 0.15) is 43.4 Å². The molecule has 3 rings (SSSR count). The first-order valence-electron chi connectivity index (χ1n) is 7.50. The summed E-state index contributed by atoms with van der Waals surface area (Å²) < 4.78 is 14.3. The Bertz CT molecular complexity index is 573. The third-order valence-electron chi connectivity index (χ3n) is 4.81. The number of piperidine rings is 1. The molecule has 2 nitrogen and oxygen atoms in total. The highest BCUT2D eigenvalue weighted by Crippen LogP contribution is 2.58. The van der Waals surface area contributed by atoms with Crippen molar-refractivity contribution in [1.29, 1.82) is 5.26 Å². The minimum atomic E-state index is -0.334. The lowest BCUT2D eigenvalue weighted by molar-refractivity contribution is 0.442. The van der Waals surface area contributed by atoms with E-state index < -0.39 is 0 Å². The Labute approximate surface area is 120 Å². The summed E-state index contributed by atoms with van der Waals surface area (Å²) in [5.74, 6) is 0.743. The van der Waals surface area contributed by atoms with Crippen LogP contribution in [-0.4, -0.2) is 13.1 Å². The van der Waals surface area contributed by atoms with E-state index in [0.717, 1.165) is 43.5 Å². The number of hydrogen-bond acceptors (Lipinski definition) is 2. The summed E-state index contributed by atoms with van der Waals surface area (Å²) in [6.07, 6.45) is 2.99. The highest BCUT2D eigenvalue weighted by molar-refractivity contribution is 5.50. The third-order valence-corrected chi connectivity index (χ3v) is 4.81. The molecule has 1 aromatic rings. The molecule has 0 amide bonds. The van der Waals surface area contributed by atoms with Crippen LogP contribution < -0.4 is 5.32 Å². The zero-order valence-corrected chi connectivity index (χ0v) is 12.2. The van der Waals surface area contributed by atoms with Crippen molar-refractivity contribution >= 4 is 0 Å². The molecule has 1 saturated carbocycles. The summed E-state index contributed by atoms with van der Waals surface area (Å²) in [4.78, 5) is 0. The molecule has 1 aliphatic heterocycles. The van der Waals surface area contributed by atoms with Gasteiger partial charge in [-0.3, -0.25) is 0 Å². The molecule has 1 heterocycles. The maximum absolute atomic E-state index is 14.3. The first-order chi connectivity index (χ1) is 9.56. The molecule has 2 aliphatic rings. The summed E-state index contributed by atoms with van der Waals surface area (Å²) in [7, 11) is 0. The van der Waals surface area contributed by atoms with Crippen LogP contribution in [0.25, 0.3) is 0 Å². The number of nitriles is 1. The molecule has 0 aromatic heterocycles. The maximum Gasteiger partial charge on any atom is 0.141 e. The molecule has 1 N–H and O–H groups in total. The fourth-order valence-electron chi connectivity index (χ4n) is 3.77. The molecule has 0 spiro atoms. The molecule has 2 atom stereocenters. The van der Waals surface area contributed by atoms with Gasteiger partial charge in [0.05, 0.1) is 5.56 Å². The van der Waals surface area contributed by atoms with E-state index in [1.54, 1.807) is 6.07 Å². The van der Waals surface area contributed by atoms with E-state index in [-0.39, 0.29) is 16.8 Å². The molecule has 1 aliphatic carbocycles. The number of halogens is 1. The van der Waals surface area contributed by atoms with Gasteiger partial charge in [0.2, 0.25) is 0 Å². The Morgan fingerprint density at radius 1 is 1.50 bits per heavy atom. The van der Waals surface area contributed by atoms with Gasteiger partial charge in [-0.25, -0.2) is 4.39 Å². The summed E-state index contributed by atoms with van der Waals surface area (Å²) in [6.45, 7) is 6.25. The Balaban J connectivity index is 2.04. The van der Waals surface area contributed by atoms with Gasteiger partial charge in [-0.05, 0) is 61.4 Å². The predicted octanol–water partition coefficient (Wildman–Crippen LogP) is 3.15. The van der Waals surface area contributed by atoms with Gasteiger partial charge in [-0.1, -0.05) is 19.9 Å². The van der Waals surface area contributed by atoms with Crippen LogP contribution in [0.4, 0.5) is 4.39 Å². The zero-order chi connectivity index (χ0) is 14.3. The van der Waals surface area contributed by atoms with Crippen molar-refractivity contribution < 1.29 is 4.39 Å². The van der Waals surface area contributed by atoms with Gasteiger partial charge in [0, 0.05) is 5.41 Å². The molecule has 3 heteroatoms. The molecule has 106 valence electrons. The largest absolute Gasteiger partial charge is 0.316 e. The van der Waals surface area contributed by atoms with E-state index in [9.17, 15) is 9.65 Å². The van der Waals surface area contributed by atoms with Crippen LogP contribution in [0.3, 0.4) is 0 Å². The van der Waals surface area contributed by atoms with Crippen LogP contribution in [0.5, 0.6) is 0 Å². The lowest BCUT2D eigenvalue weighted by atomic mass is 9.83. The SMILES string of the molecule is CC(C)Cc1cc(F)c(C#N)c(C23CCNCC2C3)c1. The second-order valence-corrected chi connectivity index (χ2v) is 6.72. The normalized spacial score (nSPS) is 28.1. The van der Waals surface area contributed by atoms with E-state index in [0.29, 0.717) is 11.8 Å². The summed E-state index contributed by atoms with van der Waals surface area (Å²) in [6, 6.07) is 5.76. The lowest BCUT2D eigenvalue weighted by Gasteiger charge is -2.25. The molecular weight excluding hydrogens is 251 g/mol. The van der Waals surface area contributed by atoms with E-state index in [1.807, 2.05) is 0 Å². The van der Waals surface area contributed by atoms with Crippen LogP contribution in [-0.2, 0) is 11.8 Å². The van der Waals surface area contributed by atoms with Gasteiger partial charge < -0.3 is 5.32 Å². The van der Waals surface area contributed by atoms with Crippen molar-refractivity contribution in [2.24, 2.45) is 11.8 Å². The summed E-state index contributed by atoms with van der Waals surface area (Å²) in [5, 5.41) is 12.7. The molecule has 2 fully saturated rings. The van der Waals surface area contributed by atoms with Crippen molar-refractivity contribution in [1.82, 2.24) is 5.32 Å². The summed E-state index contributed by atoms with van der Waals surface area (Å²) in [5.41, 5.74) is 2.36. The van der Waals surface area contributed by atoms with Crippen LogP contribution in [0.2, 0.25) is 0 Å². The summed E-state index contributed by atoms with van der Waals surface area (Å²) >= 11 is 0. The van der Waals surface area contributed by atoms with E-state index in [1.165, 1.54) is 0 Å². The molecular formula is C17H21FN2.